The lowest BCUT2D eigenvalue weighted by Crippen LogP contribution is -2.24. The summed E-state index contributed by atoms with van der Waals surface area (Å²) in [5.74, 6) is 0.796. The molecule has 0 saturated heterocycles. The minimum atomic E-state index is 0.570. The monoisotopic (exact) mass is 272 g/mol. The third-order valence-corrected chi connectivity index (χ3v) is 2.88. The third kappa shape index (κ3) is 3.93. The lowest BCUT2D eigenvalue weighted by atomic mass is 10.2. The molecule has 0 amide bonds. The van der Waals surface area contributed by atoms with Gasteiger partial charge in [-0.15, -0.1) is 0 Å². The van der Waals surface area contributed by atoms with Crippen molar-refractivity contribution in [3.8, 4) is 0 Å². The minimum Gasteiger partial charge on any atom is -0.366 e. The Kier molecular flexibility index (Phi) is 4.30. The van der Waals surface area contributed by atoms with Crippen LogP contribution in [0.4, 0.5) is 17.2 Å². The van der Waals surface area contributed by atoms with Crippen LogP contribution in [0.5, 0.6) is 0 Å². The van der Waals surface area contributed by atoms with E-state index >= 15 is 0 Å². The number of hydrogen-bond acceptors (Lipinski definition) is 3. The minimum absolute atomic E-state index is 0.570. The molecule has 0 unspecified atom stereocenters. The van der Waals surface area contributed by atoms with E-state index in [9.17, 15) is 0 Å². The molecular formula is C14H16N4S. The SMILES string of the molecule is CNC(=S)Nc1ccc(Nc2ccc(C)cc2)nc1. The lowest BCUT2D eigenvalue weighted by Gasteiger charge is -2.09. The largest absolute Gasteiger partial charge is 0.366 e. The smallest absolute Gasteiger partial charge is 0.170 e. The quantitative estimate of drug-likeness (QED) is 0.750. The summed E-state index contributed by atoms with van der Waals surface area (Å²) in [5.41, 5.74) is 3.11. The molecule has 1 aromatic heterocycles. The first-order valence-corrected chi connectivity index (χ1v) is 6.36. The molecule has 0 bridgehead atoms. The van der Waals surface area contributed by atoms with Gasteiger partial charge in [-0.25, -0.2) is 4.98 Å². The van der Waals surface area contributed by atoms with Gasteiger partial charge in [0.2, 0.25) is 0 Å². The number of pyridine rings is 1. The van der Waals surface area contributed by atoms with Crippen molar-refractivity contribution in [2.45, 2.75) is 6.92 Å². The first-order valence-electron chi connectivity index (χ1n) is 5.96. The Balaban J connectivity index is 2.02. The molecule has 0 atom stereocenters. The Bertz CT molecular complexity index is 549. The first-order chi connectivity index (χ1) is 9.17. The van der Waals surface area contributed by atoms with Gasteiger partial charge in [0.15, 0.2) is 5.11 Å². The normalized spacial score (nSPS) is 9.79. The highest BCUT2D eigenvalue weighted by Crippen LogP contribution is 2.16. The lowest BCUT2D eigenvalue weighted by molar-refractivity contribution is 1.19. The van der Waals surface area contributed by atoms with Gasteiger partial charge in [-0.05, 0) is 43.4 Å². The fourth-order valence-electron chi connectivity index (χ4n) is 1.52. The van der Waals surface area contributed by atoms with Gasteiger partial charge in [-0.2, -0.15) is 0 Å². The Morgan fingerprint density at radius 1 is 1.05 bits per heavy atom. The molecule has 4 nitrogen and oxygen atoms in total. The van der Waals surface area contributed by atoms with Crippen LogP contribution in [0.1, 0.15) is 5.56 Å². The summed E-state index contributed by atoms with van der Waals surface area (Å²) in [5, 5.41) is 9.68. The molecular weight excluding hydrogens is 256 g/mol. The first kappa shape index (κ1) is 13.3. The van der Waals surface area contributed by atoms with E-state index in [4.69, 9.17) is 12.2 Å². The Hall–Kier alpha value is -2.14. The summed E-state index contributed by atoms with van der Waals surface area (Å²) in [6.07, 6.45) is 1.74. The maximum Gasteiger partial charge on any atom is 0.170 e. The Morgan fingerprint density at radius 3 is 2.32 bits per heavy atom. The molecule has 0 aliphatic rings. The van der Waals surface area contributed by atoms with Gasteiger partial charge in [0, 0.05) is 12.7 Å². The van der Waals surface area contributed by atoms with Crippen LogP contribution in [-0.2, 0) is 0 Å². The maximum atomic E-state index is 5.02. The number of nitrogens with one attached hydrogen (secondary N) is 3. The molecule has 2 aromatic rings. The number of nitrogens with zero attached hydrogens (tertiary/aromatic N) is 1. The highest BCUT2D eigenvalue weighted by molar-refractivity contribution is 7.80. The van der Waals surface area contributed by atoms with Gasteiger partial charge < -0.3 is 16.0 Å². The van der Waals surface area contributed by atoms with Crippen LogP contribution in [0, 0.1) is 6.92 Å². The van der Waals surface area contributed by atoms with Crippen molar-refractivity contribution in [3.63, 3.8) is 0 Å². The second-order valence-electron chi connectivity index (χ2n) is 4.13. The van der Waals surface area contributed by atoms with Crippen LogP contribution in [0.15, 0.2) is 42.6 Å². The van der Waals surface area contributed by atoms with E-state index < -0.39 is 0 Å². The predicted octanol–water partition coefficient (Wildman–Crippen LogP) is 3.05. The number of benzene rings is 1. The van der Waals surface area contributed by atoms with Crippen LogP contribution < -0.4 is 16.0 Å². The van der Waals surface area contributed by atoms with Crippen molar-refractivity contribution >= 4 is 34.5 Å². The molecule has 0 radical (unpaired) electrons. The second-order valence-corrected chi connectivity index (χ2v) is 4.54. The van der Waals surface area contributed by atoms with E-state index in [0.717, 1.165) is 17.2 Å². The number of anilines is 3. The predicted molar refractivity (Wildman–Crippen MR) is 84.0 cm³/mol. The molecule has 0 spiro atoms. The summed E-state index contributed by atoms with van der Waals surface area (Å²) < 4.78 is 0. The van der Waals surface area contributed by atoms with Gasteiger partial charge in [0.1, 0.15) is 5.82 Å². The molecule has 98 valence electrons. The highest BCUT2D eigenvalue weighted by atomic mass is 32.1. The van der Waals surface area contributed by atoms with E-state index in [-0.39, 0.29) is 0 Å². The van der Waals surface area contributed by atoms with E-state index in [1.165, 1.54) is 5.56 Å². The van der Waals surface area contributed by atoms with E-state index in [0.29, 0.717) is 5.11 Å². The standard InChI is InChI=1S/C14H16N4S/c1-10-3-5-11(6-4-10)17-13-8-7-12(9-16-13)18-14(19)15-2/h3-9H,1-2H3,(H,16,17)(H2,15,18,19). The zero-order chi connectivity index (χ0) is 13.7. The van der Waals surface area contributed by atoms with Crippen molar-refractivity contribution in [2.24, 2.45) is 0 Å². The number of aryl methyl sites for hydroxylation is 1. The van der Waals surface area contributed by atoms with Crippen molar-refractivity contribution in [1.29, 1.82) is 0 Å². The van der Waals surface area contributed by atoms with E-state index in [1.807, 2.05) is 24.3 Å². The fourth-order valence-corrected chi connectivity index (χ4v) is 1.64. The van der Waals surface area contributed by atoms with Crippen LogP contribution in [0.3, 0.4) is 0 Å². The molecule has 19 heavy (non-hydrogen) atoms. The van der Waals surface area contributed by atoms with Crippen LogP contribution in [0.25, 0.3) is 0 Å². The Morgan fingerprint density at radius 2 is 1.74 bits per heavy atom. The summed E-state index contributed by atoms with van der Waals surface area (Å²) in [4.78, 5) is 4.32. The van der Waals surface area contributed by atoms with Crippen molar-refractivity contribution in [3.05, 3.63) is 48.2 Å². The molecule has 2 rings (SSSR count). The zero-order valence-electron chi connectivity index (χ0n) is 10.9. The summed E-state index contributed by atoms with van der Waals surface area (Å²) in [7, 11) is 1.77. The molecule has 5 heteroatoms. The van der Waals surface area contributed by atoms with Crippen LogP contribution in [-0.4, -0.2) is 17.1 Å². The average Bonchev–Trinajstić information content (AvgIpc) is 2.43. The molecule has 0 saturated carbocycles. The number of rotatable bonds is 3. The topological polar surface area (TPSA) is 49.0 Å². The third-order valence-electron chi connectivity index (χ3n) is 2.57. The molecule has 1 aromatic carbocycles. The molecule has 0 aliphatic carbocycles. The molecule has 0 fully saturated rings. The zero-order valence-corrected chi connectivity index (χ0v) is 11.7. The maximum absolute atomic E-state index is 5.02. The highest BCUT2D eigenvalue weighted by Gasteiger charge is 1.98. The number of aromatic nitrogens is 1. The average molecular weight is 272 g/mol. The number of thiocarbonyl (C=S) groups is 1. The van der Waals surface area contributed by atoms with Crippen LogP contribution >= 0.6 is 12.2 Å². The summed E-state index contributed by atoms with van der Waals surface area (Å²) in [6.45, 7) is 2.06. The van der Waals surface area contributed by atoms with Crippen LogP contribution in [0.2, 0.25) is 0 Å². The van der Waals surface area contributed by atoms with Crippen molar-refractivity contribution in [1.82, 2.24) is 10.3 Å². The summed E-state index contributed by atoms with van der Waals surface area (Å²) in [6, 6.07) is 12.0. The van der Waals surface area contributed by atoms with Gasteiger partial charge in [0.25, 0.3) is 0 Å². The Labute approximate surface area is 118 Å². The van der Waals surface area contributed by atoms with Crippen molar-refractivity contribution in [2.75, 3.05) is 17.7 Å². The second kappa shape index (κ2) is 6.15. The van der Waals surface area contributed by atoms with Crippen molar-refractivity contribution < 1.29 is 0 Å². The van der Waals surface area contributed by atoms with E-state index in [2.05, 4.69) is 40.0 Å². The van der Waals surface area contributed by atoms with Gasteiger partial charge in [-0.3, -0.25) is 0 Å². The summed E-state index contributed by atoms with van der Waals surface area (Å²) >= 11 is 5.02. The van der Waals surface area contributed by atoms with Gasteiger partial charge in [-0.1, -0.05) is 17.7 Å². The van der Waals surface area contributed by atoms with Gasteiger partial charge >= 0.3 is 0 Å². The molecule has 3 N–H and O–H groups in total. The fraction of sp³-hybridized carbons (Fsp3) is 0.143. The molecule has 1 heterocycles. The van der Waals surface area contributed by atoms with Gasteiger partial charge in [0.05, 0.1) is 11.9 Å². The number of hydrogen-bond donors (Lipinski definition) is 3. The van der Waals surface area contributed by atoms with E-state index in [1.54, 1.807) is 13.2 Å². The molecule has 0 aliphatic heterocycles.